The van der Waals surface area contributed by atoms with Crippen molar-refractivity contribution >= 4 is 33.2 Å². The van der Waals surface area contributed by atoms with E-state index in [1.165, 1.54) is 6.26 Å². The Hall–Kier alpha value is -1.14. The molecule has 4 nitrogen and oxygen atoms in total. The largest absolute Gasteiger partial charge is 0.339 e. The Bertz CT molecular complexity index is 553. The lowest BCUT2D eigenvalue weighted by Gasteiger charge is -2.30. The van der Waals surface area contributed by atoms with Gasteiger partial charge in [0.05, 0.1) is 5.25 Å². The molecular weight excluding hydrogens is 282 g/mol. The predicted octanol–water partition coefficient (Wildman–Crippen LogP) is 1.80. The molecule has 19 heavy (non-hydrogen) atoms. The van der Waals surface area contributed by atoms with Gasteiger partial charge in [0, 0.05) is 30.3 Å². The number of carbonyl (C=O) groups is 1. The van der Waals surface area contributed by atoms with E-state index >= 15 is 0 Å². The molecule has 1 aromatic rings. The molecule has 2 rings (SSSR count). The van der Waals surface area contributed by atoms with Gasteiger partial charge in [-0.15, -0.1) is 11.3 Å². The molecule has 104 valence electrons. The second-order valence-corrected chi connectivity index (χ2v) is 8.01. The van der Waals surface area contributed by atoms with Gasteiger partial charge < -0.3 is 4.90 Å². The summed E-state index contributed by atoms with van der Waals surface area (Å²) in [5.41, 5.74) is 0. The highest BCUT2D eigenvalue weighted by Crippen LogP contribution is 2.18. The zero-order valence-electron chi connectivity index (χ0n) is 10.8. The Kier molecular flexibility index (Phi) is 4.42. The number of nitrogens with zero attached hydrogens (tertiary/aromatic N) is 1. The van der Waals surface area contributed by atoms with E-state index in [2.05, 4.69) is 0 Å². The molecule has 2 heterocycles. The molecule has 1 amide bonds. The zero-order valence-corrected chi connectivity index (χ0v) is 12.4. The quantitative estimate of drug-likeness (QED) is 0.800. The molecule has 1 aromatic heterocycles. The van der Waals surface area contributed by atoms with Crippen LogP contribution in [0.1, 0.15) is 17.7 Å². The summed E-state index contributed by atoms with van der Waals surface area (Å²) in [5.74, 6) is -0.0413. The van der Waals surface area contributed by atoms with E-state index < -0.39 is 9.84 Å². The van der Waals surface area contributed by atoms with Crippen molar-refractivity contribution in [1.82, 2.24) is 4.90 Å². The summed E-state index contributed by atoms with van der Waals surface area (Å²) in [6, 6.07) is 3.89. The van der Waals surface area contributed by atoms with E-state index in [4.69, 9.17) is 0 Å². The minimum Gasteiger partial charge on any atom is -0.339 e. The maximum atomic E-state index is 11.9. The van der Waals surface area contributed by atoms with E-state index in [9.17, 15) is 13.2 Å². The van der Waals surface area contributed by atoms with Gasteiger partial charge in [-0.1, -0.05) is 6.07 Å². The summed E-state index contributed by atoms with van der Waals surface area (Å²) in [7, 11) is -2.98. The molecule has 0 radical (unpaired) electrons. The average Bonchev–Trinajstić information content (AvgIpc) is 2.88. The number of hydrogen-bond acceptors (Lipinski definition) is 4. The Balaban J connectivity index is 1.89. The zero-order chi connectivity index (χ0) is 13.9. The van der Waals surface area contributed by atoms with E-state index in [1.807, 2.05) is 17.5 Å². The Morgan fingerprint density at radius 1 is 1.42 bits per heavy atom. The average molecular weight is 299 g/mol. The van der Waals surface area contributed by atoms with Crippen LogP contribution in [0.4, 0.5) is 0 Å². The minimum absolute atomic E-state index is 0.0413. The summed E-state index contributed by atoms with van der Waals surface area (Å²) in [6.45, 7) is 1.04. The third kappa shape index (κ3) is 3.91. The Morgan fingerprint density at radius 3 is 2.63 bits per heavy atom. The maximum Gasteiger partial charge on any atom is 0.246 e. The van der Waals surface area contributed by atoms with Gasteiger partial charge in [0.15, 0.2) is 0 Å². The van der Waals surface area contributed by atoms with Gasteiger partial charge in [-0.25, -0.2) is 8.42 Å². The van der Waals surface area contributed by atoms with Crippen LogP contribution >= 0.6 is 11.3 Å². The van der Waals surface area contributed by atoms with Crippen molar-refractivity contribution in [3.05, 3.63) is 28.5 Å². The Morgan fingerprint density at radius 2 is 2.11 bits per heavy atom. The normalized spacial score (nSPS) is 18.1. The van der Waals surface area contributed by atoms with Gasteiger partial charge in [-0.3, -0.25) is 4.79 Å². The lowest BCUT2D eigenvalue weighted by atomic mass is 10.1. The summed E-state index contributed by atoms with van der Waals surface area (Å²) in [4.78, 5) is 14.7. The van der Waals surface area contributed by atoms with E-state index in [0.717, 1.165) is 4.88 Å². The fraction of sp³-hybridized carbons (Fsp3) is 0.462. The molecule has 6 heteroatoms. The van der Waals surface area contributed by atoms with Crippen LogP contribution < -0.4 is 0 Å². The number of rotatable bonds is 3. The van der Waals surface area contributed by atoms with Crippen LogP contribution in [-0.2, 0) is 14.6 Å². The van der Waals surface area contributed by atoms with Crippen LogP contribution in [-0.4, -0.2) is 43.8 Å². The fourth-order valence-corrected chi connectivity index (χ4v) is 3.83. The highest BCUT2D eigenvalue weighted by atomic mass is 32.2. The first-order valence-electron chi connectivity index (χ1n) is 6.16. The van der Waals surface area contributed by atoms with Crippen molar-refractivity contribution in [3.8, 4) is 0 Å². The smallest absolute Gasteiger partial charge is 0.246 e. The molecule has 0 atom stereocenters. The SMILES string of the molecule is CS(=O)(=O)C1CCN(C(=O)/C=C/c2cccs2)CC1. The van der Waals surface area contributed by atoms with E-state index in [-0.39, 0.29) is 11.2 Å². The summed E-state index contributed by atoms with van der Waals surface area (Å²) in [6.07, 6.45) is 5.71. The fourth-order valence-electron chi connectivity index (χ4n) is 2.15. The maximum absolute atomic E-state index is 11.9. The first-order chi connectivity index (χ1) is 8.97. The van der Waals surface area contributed by atoms with Crippen LogP contribution in [0.15, 0.2) is 23.6 Å². The molecular formula is C13H17NO3S2. The second-order valence-electron chi connectivity index (χ2n) is 4.70. The molecule has 0 N–H and O–H groups in total. The molecule has 0 aromatic carbocycles. The first kappa shape index (κ1) is 14.3. The third-order valence-corrected chi connectivity index (χ3v) is 5.81. The summed E-state index contributed by atoms with van der Waals surface area (Å²) < 4.78 is 22.9. The minimum atomic E-state index is -2.98. The second kappa shape index (κ2) is 5.88. The lowest BCUT2D eigenvalue weighted by molar-refractivity contribution is -0.126. The number of thiophene rings is 1. The molecule has 0 unspecified atom stereocenters. The molecule has 0 spiro atoms. The van der Waals surface area contributed by atoms with Crippen molar-refractivity contribution < 1.29 is 13.2 Å². The molecule has 1 aliphatic heterocycles. The highest BCUT2D eigenvalue weighted by molar-refractivity contribution is 7.91. The number of amides is 1. The number of hydrogen-bond donors (Lipinski definition) is 0. The lowest BCUT2D eigenvalue weighted by Crippen LogP contribution is -2.41. The molecule has 1 aliphatic rings. The van der Waals surface area contributed by atoms with Crippen LogP contribution in [0.2, 0.25) is 0 Å². The number of sulfone groups is 1. The van der Waals surface area contributed by atoms with Crippen molar-refractivity contribution in [3.63, 3.8) is 0 Å². The van der Waals surface area contributed by atoms with Crippen LogP contribution in [0.5, 0.6) is 0 Å². The summed E-state index contributed by atoms with van der Waals surface area (Å²) in [5, 5.41) is 1.67. The van der Waals surface area contributed by atoms with Gasteiger partial charge in [-0.05, 0) is 30.4 Å². The standard InChI is InChI=1S/C13H17NO3S2/c1-19(16,17)12-6-8-14(9-7-12)13(15)5-4-11-3-2-10-18-11/h2-5,10,12H,6-9H2,1H3/b5-4+. The van der Waals surface area contributed by atoms with Crippen LogP contribution in [0.3, 0.4) is 0 Å². The van der Waals surface area contributed by atoms with Gasteiger partial charge in [-0.2, -0.15) is 0 Å². The number of carbonyl (C=O) groups excluding carboxylic acids is 1. The topological polar surface area (TPSA) is 54.5 Å². The monoisotopic (exact) mass is 299 g/mol. The van der Waals surface area contributed by atoms with Crippen LogP contribution in [0.25, 0.3) is 6.08 Å². The molecule has 0 saturated carbocycles. The van der Waals surface area contributed by atoms with Crippen molar-refractivity contribution in [1.29, 1.82) is 0 Å². The number of piperidine rings is 1. The molecule has 1 saturated heterocycles. The highest BCUT2D eigenvalue weighted by Gasteiger charge is 2.27. The predicted molar refractivity (Wildman–Crippen MR) is 77.8 cm³/mol. The van der Waals surface area contributed by atoms with Gasteiger partial charge in [0.1, 0.15) is 9.84 Å². The first-order valence-corrected chi connectivity index (χ1v) is 8.99. The Labute approximate surface area is 117 Å². The molecule has 0 aliphatic carbocycles. The van der Waals surface area contributed by atoms with E-state index in [1.54, 1.807) is 28.4 Å². The molecule has 0 bridgehead atoms. The number of likely N-dealkylation sites (tertiary alicyclic amines) is 1. The van der Waals surface area contributed by atoms with Gasteiger partial charge >= 0.3 is 0 Å². The molecule has 1 fully saturated rings. The van der Waals surface area contributed by atoms with Crippen molar-refractivity contribution in [2.45, 2.75) is 18.1 Å². The van der Waals surface area contributed by atoms with Crippen molar-refractivity contribution in [2.75, 3.05) is 19.3 Å². The van der Waals surface area contributed by atoms with Gasteiger partial charge in [0.25, 0.3) is 0 Å². The van der Waals surface area contributed by atoms with Crippen LogP contribution in [0, 0.1) is 0 Å². The summed E-state index contributed by atoms with van der Waals surface area (Å²) >= 11 is 1.58. The third-order valence-electron chi connectivity index (χ3n) is 3.29. The van der Waals surface area contributed by atoms with Crippen molar-refractivity contribution in [2.24, 2.45) is 0 Å². The van der Waals surface area contributed by atoms with Gasteiger partial charge in [0.2, 0.25) is 5.91 Å². The van der Waals surface area contributed by atoms with E-state index in [0.29, 0.717) is 25.9 Å².